The van der Waals surface area contributed by atoms with Gasteiger partial charge in [-0.15, -0.1) is 36.2 Å². The van der Waals surface area contributed by atoms with E-state index >= 15 is 0 Å². The topological polar surface area (TPSA) is 80.0 Å². The van der Waals surface area contributed by atoms with Gasteiger partial charge in [0.05, 0.1) is 12.2 Å². The van der Waals surface area contributed by atoms with Crippen molar-refractivity contribution in [3.05, 3.63) is 65.5 Å². The molecular weight excluding hydrogens is 391 g/mol. The maximum atomic E-state index is 12.0. The minimum Gasteiger partial charge on any atom is -0.375 e. The molecule has 3 rings (SSSR count). The number of carbonyl (C=O) groups is 1. The van der Waals surface area contributed by atoms with E-state index in [1.54, 1.807) is 0 Å². The Morgan fingerprint density at radius 2 is 1.73 bits per heavy atom. The zero-order valence-corrected chi connectivity index (χ0v) is 16.3. The van der Waals surface area contributed by atoms with Gasteiger partial charge in [-0.25, -0.2) is 4.98 Å². The van der Waals surface area contributed by atoms with Crippen LogP contribution in [0.15, 0.2) is 60.0 Å². The van der Waals surface area contributed by atoms with Gasteiger partial charge in [0.1, 0.15) is 0 Å². The van der Waals surface area contributed by atoms with Gasteiger partial charge >= 0.3 is 0 Å². The van der Waals surface area contributed by atoms with E-state index in [0.717, 1.165) is 22.5 Å². The molecule has 8 heteroatoms. The number of rotatable bonds is 6. The summed E-state index contributed by atoms with van der Waals surface area (Å²) in [5, 5.41) is 8.46. The van der Waals surface area contributed by atoms with Crippen LogP contribution in [-0.2, 0) is 11.3 Å². The summed E-state index contributed by atoms with van der Waals surface area (Å²) in [5.41, 5.74) is 9.37. The van der Waals surface area contributed by atoms with Crippen molar-refractivity contribution >= 4 is 52.9 Å². The molecule has 0 aliphatic carbocycles. The van der Waals surface area contributed by atoms with E-state index in [-0.39, 0.29) is 37.3 Å². The van der Waals surface area contributed by atoms with Crippen LogP contribution in [0.25, 0.3) is 11.3 Å². The van der Waals surface area contributed by atoms with E-state index in [1.807, 2.05) is 60.0 Å². The van der Waals surface area contributed by atoms with Crippen LogP contribution in [0.2, 0.25) is 0 Å². The van der Waals surface area contributed by atoms with E-state index in [9.17, 15) is 4.79 Å². The molecule has 0 aliphatic rings. The summed E-state index contributed by atoms with van der Waals surface area (Å²) in [6, 6.07) is 17.5. The molecular formula is C18H20Cl2N4OS. The van der Waals surface area contributed by atoms with Crippen LogP contribution in [0, 0.1) is 0 Å². The lowest BCUT2D eigenvalue weighted by molar-refractivity contribution is -0.115. The van der Waals surface area contributed by atoms with Gasteiger partial charge in [0.25, 0.3) is 0 Å². The molecule has 1 amide bonds. The minimum atomic E-state index is -0.0726. The number of thiazole rings is 1. The third-order valence-electron chi connectivity index (χ3n) is 3.44. The van der Waals surface area contributed by atoms with Crippen LogP contribution in [0.5, 0.6) is 0 Å². The predicted molar refractivity (Wildman–Crippen MR) is 113 cm³/mol. The highest BCUT2D eigenvalue weighted by Crippen LogP contribution is 2.24. The van der Waals surface area contributed by atoms with Gasteiger partial charge in [-0.2, -0.15) is 0 Å². The van der Waals surface area contributed by atoms with Crippen molar-refractivity contribution in [3.8, 4) is 11.3 Å². The molecule has 4 N–H and O–H groups in total. The number of halogens is 2. The monoisotopic (exact) mass is 410 g/mol. The standard InChI is InChI=1S/C18H18N4OS.2ClH/c19-18-22-16(12-24-18)14-6-8-15(9-7-14)21-17(23)11-20-10-13-4-2-1-3-5-13;;/h1-9,12,20H,10-11H2,(H2,19,22)(H,21,23);2*1H. The number of nitrogen functional groups attached to an aromatic ring is 1. The number of nitrogens with one attached hydrogen (secondary N) is 2. The highest BCUT2D eigenvalue weighted by molar-refractivity contribution is 7.13. The average Bonchev–Trinajstić information content (AvgIpc) is 3.03. The van der Waals surface area contributed by atoms with Crippen LogP contribution in [0.4, 0.5) is 10.8 Å². The second-order valence-corrected chi connectivity index (χ2v) is 6.18. The Hall–Kier alpha value is -2.12. The zero-order valence-electron chi connectivity index (χ0n) is 13.8. The van der Waals surface area contributed by atoms with E-state index in [0.29, 0.717) is 11.7 Å². The number of hydrogen-bond donors (Lipinski definition) is 3. The van der Waals surface area contributed by atoms with Crippen molar-refractivity contribution in [2.75, 3.05) is 17.6 Å². The summed E-state index contributed by atoms with van der Waals surface area (Å²) in [6.45, 7) is 0.928. The fourth-order valence-electron chi connectivity index (χ4n) is 2.27. The number of benzene rings is 2. The Morgan fingerprint density at radius 1 is 1.04 bits per heavy atom. The smallest absolute Gasteiger partial charge is 0.238 e. The molecule has 0 spiro atoms. The minimum absolute atomic E-state index is 0. The fourth-order valence-corrected chi connectivity index (χ4v) is 2.84. The molecule has 0 bridgehead atoms. The molecule has 0 saturated heterocycles. The largest absolute Gasteiger partial charge is 0.375 e. The van der Waals surface area contributed by atoms with Crippen LogP contribution in [-0.4, -0.2) is 17.4 Å². The normalized spacial score (nSPS) is 9.69. The molecule has 3 aromatic rings. The third-order valence-corrected chi connectivity index (χ3v) is 4.12. The highest BCUT2D eigenvalue weighted by atomic mass is 35.5. The lowest BCUT2D eigenvalue weighted by Gasteiger charge is -2.07. The molecule has 0 atom stereocenters. The zero-order chi connectivity index (χ0) is 16.8. The molecule has 0 radical (unpaired) electrons. The van der Waals surface area contributed by atoms with Crippen molar-refractivity contribution < 1.29 is 4.79 Å². The molecule has 138 valence electrons. The van der Waals surface area contributed by atoms with Crippen molar-refractivity contribution in [2.45, 2.75) is 6.54 Å². The van der Waals surface area contributed by atoms with Crippen molar-refractivity contribution in [2.24, 2.45) is 0 Å². The summed E-state index contributed by atoms with van der Waals surface area (Å²) in [4.78, 5) is 16.2. The van der Waals surface area contributed by atoms with Gasteiger partial charge < -0.3 is 16.4 Å². The van der Waals surface area contributed by atoms with Crippen LogP contribution >= 0.6 is 36.2 Å². The number of anilines is 2. The number of amides is 1. The van der Waals surface area contributed by atoms with Gasteiger partial charge in [0.15, 0.2) is 5.13 Å². The summed E-state index contributed by atoms with van der Waals surface area (Å²) in [7, 11) is 0. The lowest BCUT2D eigenvalue weighted by Crippen LogP contribution is -2.27. The molecule has 5 nitrogen and oxygen atoms in total. The van der Waals surface area contributed by atoms with E-state index < -0.39 is 0 Å². The summed E-state index contributed by atoms with van der Waals surface area (Å²) in [5.74, 6) is -0.0726. The number of nitrogens with two attached hydrogens (primary N) is 1. The first kappa shape index (κ1) is 21.9. The second kappa shape index (κ2) is 10.8. The Morgan fingerprint density at radius 3 is 2.35 bits per heavy atom. The summed E-state index contributed by atoms with van der Waals surface area (Å²) < 4.78 is 0. The Kier molecular flexibility index (Phi) is 9.09. The maximum Gasteiger partial charge on any atom is 0.238 e. The molecule has 1 heterocycles. The molecule has 0 unspecified atom stereocenters. The van der Waals surface area contributed by atoms with E-state index in [2.05, 4.69) is 15.6 Å². The first-order valence-corrected chi connectivity index (χ1v) is 8.44. The molecule has 2 aromatic carbocycles. The van der Waals surface area contributed by atoms with Crippen LogP contribution < -0.4 is 16.4 Å². The Bertz CT molecular complexity index is 810. The highest BCUT2D eigenvalue weighted by Gasteiger charge is 2.05. The average molecular weight is 411 g/mol. The second-order valence-electron chi connectivity index (χ2n) is 5.29. The van der Waals surface area contributed by atoms with Crippen molar-refractivity contribution in [1.29, 1.82) is 0 Å². The number of hydrogen-bond acceptors (Lipinski definition) is 5. The fraction of sp³-hybridized carbons (Fsp3) is 0.111. The number of aromatic nitrogens is 1. The number of nitrogens with zero attached hydrogens (tertiary/aromatic N) is 1. The van der Waals surface area contributed by atoms with Gasteiger partial charge in [-0.05, 0) is 17.7 Å². The molecule has 0 fully saturated rings. The first-order valence-electron chi connectivity index (χ1n) is 7.56. The Labute approximate surface area is 168 Å². The summed E-state index contributed by atoms with van der Waals surface area (Å²) >= 11 is 1.41. The summed E-state index contributed by atoms with van der Waals surface area (Å²) in [6.07, 6.45) is 0. The van der Waals surface area contributed by atoms with Crippen LogP contribution in [0.3, 0.4) is 0 Å². The third kappa shape index (κ3) is 6.31. The quantitative estimate of drug-likeness (QED) is 0.574. The lowest BCUT2D eigenvalue weighted by atomic mass is 10.1. The van der Waals surface area contributed by atoms with Crippen LogP contribution in [0.1, 0.15) is 5.56 Å². The number of carbonyl (C=O) groups excluding carboxylic acids is 1. The van der Waals surface area contributed by atoms with Gasteiger partial charge in [-0.1, -0.05) is 42.5 Å². The molecule has 1 aromatic heterocycles. The van der Waals surface area contributed by atoms with Gasteiger partial charge in [0.2, 0.25) is 5.91 Å². The maximum absolute atomic E-state index is 12.0. The van der Waals surface area contributed by atoms with Crippen molar-refractivity contribution in [1.82, 2.24) is 10.3 Å². The Balaban J connectivity index is 0.00000169. The van der Waals surface area contributed by atoms with E-state index in [1.165, 1.54) is 11.3 Å². The van der Waals surface area contributed by atoms with Gasteiger partial charge in [0, 0.05) is 23.2 Å². The molecule has 0 saturated carbocycles. The molecule has 0 aliphatic heterocycles. The SMILES string of the molecule is Cl.Cl.Nc1nc(-c2ccc(NC(=O)CNCc3ccccc3)cc2)cs1. The molecule has 26 heavy (non-hydrogen) atoms. The van der Waals surface area contributed by atoms with E-state index in [4.69, 9.17) is 5.73 Å². The van der Waals surface area contributed by atoms with Gasteiger partial charge in [-0.3, -0.25) is 4.79 Å². The predicted octanol–water partition coefficient (Wildman–Crippen LogP) is 3.96. The first-order chi connectivity index (χ1) is 11.7. The van der Waals surface area contributed by atoms with Crippen molar-refractivity contribution in [3.63, 3.8) is 0 Å².